The van der Waals surface area contributed by atoms with Crippen LogP contribution in [0, 0.1) is 0 Å². The van der Waals surface area contributed by atoms with Gasteiger partial charge in [0.15, 0.2) is 0 Å². The summed E-state index contributed by atoms with van der Waals surface area (Å²) in [5.74, 6) is 0.793. The topological polar surface area (TPSA) is 65.1 Å². The summed E-state index contributed by atoms with van der Waals surface area (Å²) in [6, 6.07) is 5.64. The monoisotopic (exact) mass is 232 g/mol. The smallest absolute Gasteiger partial charge is 0.125 e. The number of aromatic nitrogens is 2. The zero-order valence-electron chi connectivity index (χ0n) is 9.97. The first-order chi connectivity index (χ1) is 8.19. The molecule has 0 amide bonds. The molecule has 0 unspecified atom stereocenters. The van der Waals surface area contributed by atoms with E-state index in [-0.39, 0.29) is 0 Å². The van der Waals surface area contributed by atoms with Gasteiger partial charge in [0.2, 0.25) is 0 Å². The molecular formula is C12H16N4O. The summed E-state index contributed by atoms with van der Waals surface area (Å²) in [4.78, 5) is 0. The molecule has 5 heteroatoms. The highest BCUT2D eigenvalue weighted by Crippen LogP contribution is 2.22. The third-order valence-corrected chi connectivity index (χ3v) is 2.50. The van der Waals surface area contributed by atoms with Crippen molar-refractivity contribution in [1.29, 1.82) is 0 Å². The van der Waals surface area contributed by atoms with E-state index in [4.69, 9.17) is 10.5 Å². The SMILES string of the molecule is COc1cc(N)ccc1CNc1cnn(C)c1. The van der Waals surface area contributed by atoms with E-state index < -0.39 is 0 Å². The lowest BCUT2D eigenvalue weighted by Crippen LogP contribution is -2.01. The molecule has 0 fully saturated rings. The van der Waals surface area contributed by atoms with Crippen LogP contribution in [0.5, 0.6) is 5.75 Å². The van der Waals surface area contributed by atoms with Gasteiger partial charge in [-0.25, -0.2) is 0 Å². The van der Waals surface area contributed by atoms with Crippen LogP contribution in [0.3, 0.4) is 0 Å². The molecule has 90 valence electrons. The first-order valence-corrected chi connectivity index (χ1v) is 5.34. The maximum atomic E-state index is 5.70. The number of nitrogen functional groups attached to an aromatic ring is 1. The zero-order valence-corrected chi connectivity index (χ0v) is 9.97. The van der Waals surface area contributed by atoms with Crippen LogP contribution in [-0.2, 0) is 13.6 Å². The summed E-state index contributed by atoms with van der Waals surface area (Å²) in [5, 5.41) is 7.36. The standard InChI is InChI=1S/C12H16N4O/c1-16-8-11(7-15-16)14-6-9-3-4-10(13)5-12(9)17-2/h3-5,7-8,14H,6,13H2,1-2H3. The molecule has 0 aliphatic rings. The summed E-state index contributed by atoms with van der Waals surface area (Å²) in [6.07, 6.45) is 3.70. The number of aryl methyl sites for hydroxylation is 1. The van der Waals surface area contributed by atoms with Gasteiger partial charge < -0.3 is 15.8 Å². The molecule has 0 saturated carbocycles. The highest BCUT2D eigenvalue weighted by atomic mass is 16.5. The van der Waals surface area contributed by atoms with E-state index in [9.17, 15) is 0 Å². The maximum absolute atomic E-state index is 5.70. The van der Waals surface area contributed by atoms with Crippen molar-refractivity contribution >= 4 is 11.4 Å². The van der Waals surface area contributed by atoms with Crippen molar-refractivity contribution in [2.45, 2.75) is 6.54 Å². The second kappa shape index (κ2) is 4.78. The summed E-state index contributed by atoms with van der Waals surface area (Å²) in [5.41, 5.74) is 8.44. The van der Waals surface area contributed by atoms with E-state index in [0.717, 1.165) is 17.0 Å². The second-order valence-electron chi connectivity index (χ2n) is 3.83. The summed E-state index contributed by atoms with van der Waals surface area (Å²) in [7, 11) is 3.53. The van der Waals surface area contributed by atoms with Gasteiger partial charge in [0.1, 0.15) is 5.75 Å². The van der Waals surface area contributed by atoms with Crippen LogP contribution in [0.15, 0.2) is 30.6 Å². The molecule has 0 aliphatic heterocycles. The van der Waals surface area contributed by atoms with Crippen molar-refractivity contribution < 1.29 is 4.74 Å². The zero-order chi connectivity index (χ0) is 12.3. The Morgan fingerprint density at radius 2 is 2.29 bits per heavy atom. The van der Waals surface area contributed by atoms with Crippen LogP contribution in [0.4, 0.5) is 11.4 Å². The lowest BCUT2D eigenvalue weighted by atomic mass is 10.2. The van der Waals surface area contributed by atoms with Gasteiger partial charge in [-0.2, -0.15) is 5.10 Å². The molecule has 2 aromatic rings. The lowest BCUT2D eigenvalue weighted by molar-refractivity contribution is 0.410. The third kappa shape index (κ3) is 2.69. The number of nitrogens with one attached hydrogen (secondary N) is 1. The number of hydrogen-bond acceptors (Lipinski definition) is 4. The largest absolute Gasteiger partial charge is 0.496 e. The Labute approximate surface area is 100 Å². The van der Waals surface area contributed by atoms with Crippen LogP contribution >= 0.6 is 0 Å². The van der Waals surface area contributed by atoms with E-state index in [2.05, 4.69) is 10.4 Å². The summed E-state index contributed by atoms with van der Waals surface area (Å²) in [6.45, 7) is 0.676. The van der Waals surface area contributed by atoms with Crippen molar-refractivity contribution in [3.8, 4) is 5.75 Å². The molecule has 5 nitrogen and oxygen atoms in total. The number of nitrogens with zero attached hydrogens (tertiary/aromatic N) is 2. The fourth-order valence-corrected chi connectivity index (χ4v) is 1.62. The maximum Gasteiger partial charge on any atom is 0.125 e. The Kier molecular flexibility index (Phi) is 3.18. The van der Waals surface area contributed by atoms with Crippen LogP contribution in [-0.4, -0.2) is 16.9 Å². The highest BCUT2D eigenvalue weighted by molar-refractivity contribution is 5.50. The second-order valence-corrected chi connectivity index (χ2v) is 3.83. The molecule has 0 radical (unpaired) electrons. The number of nitrogens with two attached hydrogens (primary N) is 1. The van der Waals surface area contributed by atoms with Crippen LogP contribution in [0.2, 0.25) is 0 Å². The van der Waals surface area contributed by atoms with Crippen LogP contribution < -0.4 is 15.8 Å². The molecular weight excluding hydrogens is 216 g/mol. The molecule has 1 aromatic carbocycles. The molecule has 2 rings (SSSR count). The molecule has 1 heterocycles. The van der Waals surface area contributed by atoms with Gasteiger partial charge in [0, 0.05) is 37.1 Å². The van der Waals surface area contributed by atoms with Crippen molar-refractivity contribution in [3.05, 3.63) is 36.2 Å². The van der Waals surface area contributed by atoms with Crippen LogP contribution in [0.25, 0.3) is 0 Å². The Morgan fingerprint density at radius 1 is 1.47 bits per heavy atom. The molecule has 3 N–H and O–H groups in total. The first-order valence-electron chi connectivity index (χ1n) is 5.34. The lowest BCUT2D eigenvalue weighted by Gasteiger charge is -2.10. The summed E-state index contributed by atoms with van der Waals surface area (Å²) < 4.78 is 7.03. The predicted molar refractivity (Wildman–Crippen MR) is 67.9 cm³/mol. The molecule has 17 heavy (non-hydrogen) atoms. The van der Waals surface area contributed by atoms with Gasteiger partial charge in [-0.05, 0) is 6.07 Å². The average molecular weight is 232 g/mol. The number of hydrogen-bond donors (Lipinski definition) is 2. The summed E-state index contributed by atoms with van der Waals surface area (Å²) >= 11 is 0. The average Bonchev–Trinajstić information content (AvgIpc) is 2.73. The Hall–Kier alpha value is -2.17. The minimum absolute atomic E-state index is 0.676. The molecule has 0 atom stereocenters. The van der Waals surface area contributed by atoms with Gasteiger partial charge in [0.25, 0.3) is 0 Å². The first kappa shape index (κ1) is 11.3. The Morgan fingerprint density at radius 3 is 2.94 bits per heavy atom. The Bertz CT molecular complexity index is 507. The van der Waals surface area contributed by atoms with Crippen molar-refractivity contribution in [1.82, 2.24) is 9.78 Å². The molecule has 1 aromatic heterocycles. The highest BCUT2D eigenvalue weighted by Gasteiger charge is 2.03. The van der Waals surface area contributed by atoms with Gasteiger partial charge >= 0.3 is 0 Å². The quantitative estimate of drug-likeness (QED) is 0.786. The van der Waals surface area contributed by atoms with Crippen LogP contribution in [0.1, 0.15) is 5.56 Å². The molecule has 0 saturated heterocycles. The molecule has 0 aliphatic carbocycles. The van der Waals surface area contributed by atoms with Gasteiger partial charge in [-0.1, -0.05) is 6.07 Å². The Balaban J connectivity index is 2.08. The molecule has 0 spiro atoms. The van der Waals surface area contributed by atoms with Gasteiger partial charge in [-0.3, -0.25) is 4.68 Å². The molecule has 0 bridgehead atoms. The predicted octanol–water partition coefficient (Wildman–Crippen LogP) is 1.62. The number of methoxy groups -OCH3 is 1. The van der Waals surface area contributed by atoms with Crippen molar-refractivity contribution in [2.24, 2.45) is 7.05 Å². The van der Waals surface area contributed by atoms with E-state index in [1.165, 1.54) is 0 Å². The normalized spacial score (nSPS) is 10.2. The van der Waals surface area contributed by atoms with E-state index in [1.54, 1.807) is 18.0 Å². The fourth-order valence-electron chi connectivity index (χ4n) is 1.62. The van der Waals surface area contributed by atoms with Gasteiger partial charge in [-0.15, -0.1) is 0 Å². The number of benzene rings is 1. The van der Waals surface area contributed by atoms with Crippen molar-refractivity contribution in [3.63, 3.8) is 0 Å². The number of ether oxygens (including phenoxy) is 1. The van der Waals surface area contributed by atoms with Gasteiger partial charge in [0.05, 0.1) is 19.0 Å². The number of anilines is 2. The fraction of sp³-hybridized carbons (Fsp3) is 0.250. The van der Waals surface area contributed by atoms with E-state index >= 15 is 0 Å². The minimum Gasteiger partial charge on any atom is -0.496 e. The number of rotatable bonds is 4. The van der Waals surface area contributed by atoms with E-state index in [1.807, 2.05) is 31.4 Å². The minimum atomic E-state index is 0.676. The van der Waals surface area contributed by atoms with E-state index in [0.29, 0.717) is 12.2 Å². The third-order valence-electron chi connectivity index (χ3n) is 2.50. The van der Waals surface area contributed by atoms with Crippen molar-refractivity contribution in [2.75, 3.05) is 18.2 Å².